The molecule has 2 unspecified atom stereocenters. The lowest BCUT2D eigenvalue weighted by atomic mass is 9.79. The van der Waals surface area contributed by atoms with Gasteiger partial charge >= 0.3 is 0 Å². The molecule has 0 aromatic heterocycles. The van der Waals surface area contributed by atoms with Gasteiger partial charge in [0.15, 0.2) is 0 Å². The third-order valence-electron chi connectivity index (χ3n) is 4.53. The molecule has 19 heavy (non-hydrogen) atoms. The second-order valence-corrected chi connectivity index (χ2v) is 5.97. The highest BCUT2D eigenvalue weighted by molar-refractivity contribution is 5.85. The SMILES string of the molecule is Cl.O=C1CC2(CCCN(C(=O)C3CCCN3)C2)CN1. The number of rotatable bonds is 1. The Bertz CT molecular complexity index is 371. The Morgan fingerprint density at radius 2 is 2.21 bits per heavy atom. The van der Waals surface area contributed by atoms with Gasteiger partial charge in [0.2, 0.25) is 11.8 Å². The molecule has 3 rings (SSSR count). The van der Waals surface area contributed by atoms with Crippen LogP contribution in [-0.2, 0) is 9.59 Å². The van der Waals surface area contributed by atoms with Gasteiger partial charge in [0.05, 0.1) is 6.04 Å². The molecule has 2 N–H and O–H groups in total. The van der Waals surface area contributed by atoms with Gasteiger partial charge in [-0.1, -0.05) is 0 Å². The fourth-order valence-corrected chi connectivity index (χ4v) is 3.55. The molecule has 2 atom stereocenters. The molecule has 3 aliphatic heterocycles. The number of hydrogen-bond acceptors (Lipinski definition) is 3. The first-order valence-corrected chi connectivity index (χ1v) is 6.97. The van der Waals surface area contributed by atoms with E-state index >= 15 is 0 Å². The lowest BCUT2D eigenvalue weighted by molar-refractivity contribution is -0.136. The molecule has 3 heterocycles. The summed E-state index contributed by atoms with van der Waals surface area (Å²) in [5, 5.41) is 6.18. The Labute approximate surface area is 119 Å². The number of nitrogens with one attached hydrogen (secondary N) is 2. The van der Waals surface area contributed by atoms with Crippen LogP contribution < -0.4 is 10.6 Å². The van der Waals surface area contributed by atoms with Crippen LogP contribution in [-0.4, -0.2) is 48.9 Å². The van der Waals surface area contributed by atoms with Crippen molar-refractivity contribution in [1.29, 1.82) is 0 Å². The van der Waals surface area contributed by atoms with Gasteiger partial charge in [0.1, 0.15) is 0 Å². The zero-order chi connectivity index (χ0) is 12.6. The lowest BCUT2D eigenvalue weighted by Gasteiger charge is -2.40. The minimum atomic E-state index is 0. The molecule has 0 aromatic rings. The van der Waals surface area contributed by atoms with Gasteiger partial charge in [-0.25, -0.2) is 0 Å². The second-order valence-electron chi connectivity index (χ2n) is 5.97. The lowest BCUT2D eigenvalue weighted by Crippen LogP contribution is -2.51. The van der Waals surface area contributed by atoms with Crippen molar-refractivity contribution in [2.24, 2.45) is 5.41 Å². The van der Waals surface area contributed by atoms with Crippen LogP contribution in [0.15, 0.2) is 0 Å². The van der Waals surface area contributed by atoms with E-state index in [0.29, 0.717) is 6.42 Å². The van der Waals surface area contributed by atoms with Crippen LogP contribution in [0.1, 0.15) is 32.1 Å². The summed E-state index contributed by atoms with van der Waals surface area (Å²) in [6, 6.07) is 0.0187. The zero-order valence-corrected chi connectivity index (χ0v) is 11.9. The van der Waals surface area contributed by atoms with Gasteiger partial charge in [-0.2, -0.15) is 0 Å². The molecule has 2 amide bonds. The molecule has 0 aliphatic carbocycles. The summed E-state index contributed by atoms with van der Waals surface area (Å²) < 4.78 is 0. The standard InChI is InChI=1S/C13H21N3O2.ClH/c17-11-7-13(8-15-11)4-2-6-16(9-13)12(18)10-3-1-5-14-10;/h10,14H,1-9H2,(H,15,17);1H. The highest BCUT2D eigenvalue weighted by Crippen LogP contribution is 2.36. The number of halogens is 1. The fraction of sp³-hybridized carbons (Fsp3) is 0.846. The van der Waals surface area contributed by atoms with Gasteiger partial charge in [0, 0.05) is 31.5 Å². The van der Waals surface area contributed by atoms with Crippen LogP contribution in [0, 0.1) is 5.41 Å². The molecule has 3 aliphatic rings. The van der Waals surface area contributed by atoms with Crippen molar-refractivity contribution in [3.05, 3.63) is 0 Å². The molecule has 108 valence electrons. The molecule has 3 saturated heterocycles. The molecule has 3 fully saturated rings. The number of hydrogen-bond donors (Lipinski definition) is 2. The van der Waals surface area contributed by atoms with Crippen LogP contribution in [0.2, 0.25) is 0 Å². The number of nitrogens with zero attached hydrogens (tertiary/aromatic N) is 1. The summed E-state index contributed by atoms with van der Waals surface area (Å²) in [4.78, 5) is 25.8. The molecular weight excluding hydrogens is 266 g/mol. The third-order valence-corrected chi connectivity index (χ3v) is 4.53. The monoisotopic (exact) mass is 287 g/mol. The molecule has 0 radical (unpaired) electrons. The Hall–Kier alpha value is -0.810. The predicted octanol–water partition coefficient (Wildman–Crippen LogP) is 0.289. The summed E-state index contributed by atoms with van der Waals surface area (Å²) in [5.41, 5.74) is 0.0175. The van der Waals surface area contributed by atoms with E-state index in [1.807, 2.05) is 4.90 Å². The van der Waals surface area contributed by atoms with Crippen LogP contribution in [0.5, 0.6) is 0 Å². The maximum absolute atomic E-state index is 12.4. The smallest absolute Gasteiger partial charge is 0.239 e. The maximum Gasteiger partial charge on any atom is 0.239 e. The van der Waals surface area contributed by atoms with E-state index in [2.05, 4.69) is 10.6 Å². The molecule has 1 spiro atoms. The number of carbonyl (C=O) groups excluding carboxylic acids is 2. The summed E-state index contributed by atoms with van der Waals surface area (Å²) in [6.07, 6.45) is 4.73. The Balaban J connectivity index is 0.00000133. The van der Waals surface area contributed by atoms with Crippen LogP contribution in [0.3, 0.4) is 0 Å². The van der Waals surface area contributed by atoms with Crippen molar-refractivity contribution in [1.82, 2.24) is 15.5 Å². The third kappa shape index (κ3) is 2.87. The number of likely N-dealkylation sites (tertiary alicyclic amines) is 1. The molecule has 0 bridgehead atoms. The average molecular weight is 288 g/mol. The summed E-state index contributed by atoms with van der Waals surface area (Å²) >= 11 is 0. The fourth-order valence-electron chi connectivity index (χ4n) is 3.55. The van der Waals surface area contributed by atoms with Gasteiger partial charge < -0.3 is 15.5 Å². The van der Waals surface area contributed by atoms with E-state index in [9.17, 15) is 9.59 Å². The van der Waals surface area contributed by atoms with Gasteiger partial charge in [-0.3, -0.25) is 9.59 Å². The first kappa shape index (κ1) is 14.6. The van der Waals surface area contributed by atoms with E-state index < -0.39 is 0 Å². The van der Waals surface area contributed by atoms with Crippen molar-refractivity contribution in [2.75, 3.05) is 26.2 Å². The maximum atomic E-state index is 12.4. The summed E-state index contributed by atoms with van der Waals surface area (Å²) in [7, 11) is 0. The van der Waals surface area contributed by atoms with E-state index in [1.165, 1.54) is 0 Å². The number of piperidine rings is 1. The first-order chi connectivity index (χ1) is 8.69. The van der Waals surface area contributed by atoms with Crippen LogP contribution in [0.25, 0.3) is 0 Å². The average Bonchev–Trinajstić information content (AvgIpc) is 2.99. The van der Waals surface area contributed by atoms with Crippen molar-refractivity contribution >= 4 is 24.2 Å². The van der Waals surface area contributed by atoms with Gasteiger partial charge in [0.25, 0.3) is 0 Å². The minimum absolute atomic E-state index is 0. The highest BCUT2D eigenvalue weighted by atomic mass is 35.5. The quantitative estimate of drug-likeness (QED) is 0.729. The molecular formula is C13H22ClN3O2. The van der Waals surface area contributed by atoms with Gasteiger partial charge in [-0.05, 0) is 32.2 Å². The van der Waals surface area contributed by atoms with Crippen molar-refractivity contribution in [2.45, 2.75) is 38.1 Å². The van der Waals surface area contributed by atoms with E-state index in [0.717, 1.165) is 51.9 Å². The number of amides is 2. The predicted molar refractivity (Wildman–Crippen MR) is 74.1 cm³/mol. The zero-order valence-electron chi connectivity index (χ0n) is 11.1. The number of carbonyl (C=O) groups is 2. The minimum Gasteiger partial charge on any atom is -0.355 e. The van der Waals surface area contributed by atoms with Crippen molar-refractivity contribution < 1.29 is 9.59 Å². The summed E-state index contributed by atoms with van der Waals surface area (Å²) in [5.74, 6) is 0.384. The molecule has 0 saturated carbocycles. The highest BCUT2D eigenvalue weighted by Gasteiger charge is 2.43. The van der Waals surface area contributed by atoms with Gasteiger partial charge in [-0.15, -0.1) is 12.4 Å². The van der Waals surface area contributed by atoms with Crippen LogP contribution in [0.4, 0.5) is 0 Å². The van der Waals surface area contributed by atoms with E-state index in [-0.39, 0.29) is 35.7 Å². The van der Waals surface area contributed by atoms with Crippen LogP contribution >= 0.6 is 12.4 Å². The Kier molecular flexibility index (Phi) is 4.36. The van der Waals surface area contributed by atoms with E-state index in [1.54, 1.807) is 0 Å². The molecule has 5 nitrogen and oxygen atoms in total. The molecule has 0 aromatic carbocycles. The van der Waals surface area contributed by atoms with Crippen molar-refractivity contribution in [3.8, 4) is 0 Å². The Morgan fingerprint density at radius 3 is 2.84 bits per heavy atom. The topological polar surface area (TPSA) is 61.4 Å². The Morgan fingerprint density at radius 1 is 1.37 bits per heavy atom. The van der Waals surface area contributed by atoms with Crippen molar-refractivity contribution in [3.63, 3.8) is 0 Å². The van der Waals surface area contributed by atoms with E-state index in [4.69, 9.17) is 0 Å². The molecule has 6 heteroatoms. The first-order valence-electron chi connectivity index (χ1n) is 6.97. The largest absolute Gasteiger partial charge is 0.355 e. The normalized spacial score (nSPS) is 34.2. The second kappa shape index (κ2) is 5.67. The summed E-state index contributed by atoms with van der Waals surface area (Å²) in [6.45, 7) is 3.30.